The second-order valence-corrected chi connectivity index (χ2v) is 1.01. The molecule has 1 unspecified atom stereocenters. The molecule has 4 heteroatoms. The van der Waals surface area contributed by atoms with E-state index in [-0.39, 0.29) is 59.6 Å². The molecule has 0 amide bonds. The van der Waals surface area contributed by atoms with Crippen LogP contribution in [0.5, 0.6) is 0 Å². The molecule has 0 radical (unpaired) electrons. The monoisotopic (exact) mass is 176 g/mol. The Bertz CT molecular complexity index is 65.5. The first-order valence-electron chi connectivity index (χ1n) is 1.55. The number of aliphatic hydroxyl groups is 1. The van der Waals surface area contributed by atoms with E-state index in [1.807, 2.05) is 0 Å². The molecule has 7 heavy (non-hydrogen) atoms. The normalized spacial score (nSPS) is 11.7. The third-order valence-corrected chi connectivity index (χ3v) is 0.357. The number of hydrogen-bond donors (Lipinski definition) is 2. The summed E-state index contributed by atoms with van der Waals surface area (Å²) in [6, 6.07) is 0. The van der Waals surface area contributed by atoms with Crippen molar-refractivity contribution in [2.45, 2.75) is 13.0 Å². The summed E-state index contributed by atoms with van der Waals surface area (Å²) < 4.78 is 0. The molecule has 1 atom stereocenters. The maximum absolute atomic E-state index is 9.45. The van der Waals surface area contributed by atoms with Gasteiger partial charge in [0, 0.05) is 0 Å². The van der Waals surface area contributed by atoms with Crippen molar-refractivity contribution >= 4 is 5.97 Å². The molecule has 38 valence electrons. The van der Waals surface area contributed by atoms with Gasteiger partial charge in [-0.05, 0) is 6.92 Å². The van der Waals surface area contributed by atoms with Crippen molar-refractivity contribution in [2.75, 3.05) is 0 Å². The minimum Gasteiger partial charge on any atom is -1.00 e. The van der Waals surface area contributed by atoms with Crippen molar-refractivity contribution < 1.29 is 74.6 Å². The molecule has 0 saturated carbocycles. The molecule has 0 spiro atoms. The standard InChI is InChI=1S/C3H6O3.Rb.H/c1-2(4)3(5)6;;/h2,4H,1H3,(H,5,6);;/q;+1;-1. The Hall–Kier alpha value is 1.24. The topological polar surface area (TPSA) is 57.5 Å². The molecule has 0 aliphatic rings. The van der Waals surface area contributed by atoms with E-state index in [4.69, 9.17) is 10.2 Å². The van der Waals surface area contributed by atoms with Gasteiger partial charge in [-0.1, -0.05) is 0 Å². The third-order valence-electron chi connectivity index (χ3n) is 0.357. The average molecular weight is 177 g/mol. The zero-order valence-corrected chi connectivity index (χ0v) is 9.30. The molecule has 0 fully saturated rings. The summed E-state index contributed by atoms with van der Waals surface area (Å²) in [5.41, 5.74) is 0. The summed E-state index contributed by atoms with van der Waals surface area (Å²) in [6.45, 7) is 1.20. The van der Waals surface area contributed by atoms with E-state index >= 15 is 0 Å². The molecule has 0 aliphatic heterocycles. The Morgan fingerprint density at radius 3 is 2.00 bits per heavy atom. The number of carboxylic acid groups (broad SMARTS) is 1. The maximum Gasteiger partial charge on any atom is 1.00 e. The first-order valence-corrected chi connectivity index (χ1v) is 1.55. The van der Waals surface area contributed by atoms with E-state index in [1.165, 1.54) is 6.92 Å². The van der Waals surface area contributed by atoms with Gasteiger partial charge in [0.25, 0.3) is 0 Å². The summed E-state index contributed by atoms with van der Waals surface area (Å²) in [7, 11) is 0. The molecule has 0 aromatic carbocycles. The van der Waals surface area contributed by atoms with Crippen LogP contribution in [0.25, 0.3) is 0 Å². The van der Waals surface area contributed by atoms with Gasteiger partial charge in [-0.2, -0.15) is 0 Å². The Balaban J connectivity index is -0.000000125. The summed E-state index contributed by atoms with van der Waals surface area (Å²) in [4.78, 5) is 9.45. The Morgan fingerprint density at radius 2 is 2.00 bits per heavy atom. The minimum atomic E-state index is -1.23. The first-order chi connectivity index (χ1) is 2.64. The Kier molecular flexibility index (Phi) is 8.51. The van der Waals surface area contributed by atoms with E-state index in [0.717, 1.165) is 0 Å². The molecule has 0 aliphatic carbocycles. The van der Waals surface area contributed by atoms with Crippen molar-refractivity contribution in [3.8, 4) is 0 Å². The smallest absolute Gasteiger partial charge is 1.00 e. The summed E-state index contributed by atoms with van der Waals surface area (Å²) >= 11 is 0. The van der Waals surface area contributed by atoms with Crippen molar-refractivity contribution in [1.82, 2.24) is 0 Å². The largest absolute Gasteiger partial charge is 1.00 e. The third kappa shape index (κ3) is 7.24. The van der Waals surface area contributed by atoms with E-state index in [1.54, 1.807) is 0 Å². The van der Waals surface area contributed by atoms with Crippen LogP contribution in [0.15, 0.2) is 0 Å². The fourth-order valence-electron chi connectivity index (χ4n) is 0. The van der Waals surface area contributed by atoms with Crippen LogP contribution in [0, 0.1) is 0 Å². The van der Waals surface area contributed by atoms with Crippen LogP contribution in [0.2, 0.25) is 0 Å². The quantitative estimate of drug-likeness (QED) is 0.437. The van der Waals surface area contributed by atoms with Gasteiger partial charge in [0.05, 0.1) is 0 Å². The molecule has 2 N–H and O–H groups in total. The number of carbonyl (C=O) groups is 1. The average Bonchev–Trinajstić information content (AvgIpc) is 1.36. The van der Waals surface area contributed by atoms with Gasteiger partial charge < -0.3 is 11.6 Å². The number of carboxylic acids is 1. The zero-order chi connectivity index (χ0) is 5.15. The summed E-state index contributed by atoms with van der Waals surface area (Å²) in [5, 5.41) is 15.8. The SMILES string of the molecule is CC(O)C(=O)O.[H-].[Rb+]. The summed E-state index contributed by atoms with van der Waals surface area (Å²) in [6.07, 6.45) is -1.23. The van der Waals surface area contributed by atoms with Crippen LogP contribution < -0.4 is 58.2 Å². The minimum absolute atomic E-state index is 0. The Labute approximate surface area is 92.0 Å². The van der Waals surface area contributed by atoms with E-state index in [2.05, 4.69) is 0 Å². The fourth-order valence-corrected chi connectivity index (χ4v) is 0. The van der Waals surface area contributed by atoms with Crippen LogP contribution in [0.3, 0.4) is 0 Å². The van der Waals surface area contributed by atoms with Crippen LogP contribution in [0.1, 0.15) is 8.35 Å². The van der Waals surface area contributed by atoms with E-state index < -0.39 is 12.1 Å². The number of rotatable bonds is 1. The van der Waals surface area contributed by atoms with Gasteiger partial charge in [0.15, 0.2) is 0 Å². The molecule has 0 aromatic rings. The molecular formula is C3H7O3Rb. The number of aliphatic hydroxyl groups excluding tert-OH is 1. The van der Waals surface area contributed by atoms with Crippen LogP contribution in [-0.2, 0) is 4.79 Å². The van der Waals surface area contributed by atoms with Gasteiger partial charge in [0.2, 0.25) is 0 Å². The predicted octanol–water partition coefficient (Wildman–Crippen LogP) is -3.43. The second kappa shape index (κ2) is 5.37. The molecule has 0 heterocycles. The predicted molar refractivity (Wildman–Crippen MR) is 20.4 cm³/mol. The van der Waals surface area contributed by atoms with Gasteiger partial charge in [-0.15, -0.1) is 0 Å². The molecule has 0 saturated heterocycles. The molecule has 0 bridgehead atoms. The van der Waals surface area contributed by atoms with Gasteiger partial charge in [-0.3, -0.25) is 0 Å². The zero-order valence-electron chi connectivity index (χ0n) is 5.38. The first kappa shape index (κ1) is 11.1. The van der Waals surface area contributed by atoms with Crippen molar-refractivity contribution in [3.63, 3.8) is 0 Å². The van der Waals surface area contributed by atoms with Gasteiger partial charge >= 0.3 is 64.2 Å². The molecule has 3 nitrogen and oxygen atoms in total. The van der Waals surface area contributed by atoms with Crippen LogP contribution in [-0.4, -0.2) is 22.3 Å². The van der Waals surface area contributed by atoms with Crippen LogP contribution >= 0.6 is 0 Å². The number of hydrogen-bond acceptors (Lipinski definition) is 2. The second-order valence-electron chi connectivity index (χ2n) is 1.01. The van der Waals surface area contributed by atoms with E-state index in [0.29, 0.717) is 0 Å². The van der Waals surface area contributed by atoms with Gasteiger partial charge in [0.1, 0.15) is 6.10 Å². The molecule has 0 rings (SSSR count). The van der Waals surface area contributed by atoms with Crippen LogP contribution in [0.4, 0.5) is 0 Å². The maximum atomic E-state index is 9.45. The molecule has 0 aromatic heterocycles. The van der Waals surface area contributed by atoms with Gasteiger partial charge in [-0.25, -0.2) is 4.79 Å². The fraction of sp³-hybridized carbons (Fsp3) is 0.667. The van der Waals surface area contributed by atoms with Crippen molar-refractivity contribution in [3.05, 3.63) is 0 Å². The Morgan fingerprint density at radius 1 is 1.86 bits per heavy atom. The van der Waals surface area contributed by atoms with Crippen molar-refractivity contribution in [2.24, 2.45) is 0 Å². The van der Waals surface area contributed by atoms with Crippen molar-refractivity contribution in [1.29, 1.82) is 0 Å². The summed E-state index contributed by atoms with van der Waals surface area (Å²) in [5.74, 6) is -1.19. The molecular weight excluding hydrogens is 169 g/mol. The number of aliphatic carboxylic acids is 1. The van der Waals surface area contributed by atoms with E-state index in [9.17, 15) is 4.79 Å².